The molecular formula is C19H14BrClN4O2S. The molecule has 4 rings (SSSR count). The topological polar surface area (TPSA) is 73.8 Å². The van der Waals surface area contributed by atoms with E-state index in [-0.39, 0.29) is 5.56 Å². The summed E-state index contributed by atoms with van der Waals surface area (Å²) in [5, 5.41) is 9.90. The van der Waals surface area contributed by atoms with E-state index in [9.17, 15) is 4.79 Å². The molecule has 0 N–H and O–H groups in total. The Hall–Kier alpha value is -2.16. The zero-order valence-electron chi connectivity index (χ0n) is 14.7. The van der Waals surface area contributed by atoms with Crippen molar-refractivity contribution in [3.05, 3.63) is 68.2 Å². The molecule has 0 radical (unpaired) electrons. The van der Waals surface area contributed by atoms with Gasteiger partial charge in [0.1, 0.15) is 0 Å². The monoisotopic (exact) mass is 476 g/mol. The Morgan fingerprint density at radius 2 is 2.04 bits per heavy atom. The smallest absolute Gasteiger partial charge is 0.262 e. The molecule has 6 nitrogen and oxygen atoms in total. The van der Waals surface area contributed by atoms with E-state index in [0.29, 0.717) is 50.7 Å². The van der Waals surface area contributed by atoms with Crippen molar-refractivity contribution in [1.82, 2.24) is 19.7 Å². The van der Waals surface area contributed by atoms with E-state index in [1.165, 1.54) is 11.8 Å². The third-order valence-electron chi connectivity index (χ3n) is 4.09. The number of thioether (sulfide) groups is 1. The van der Waals surface area contributed by atoms with Gasteiger partial charge in [0.05, 0.1) is 27.2 Å². The molecule has 2 heterocycles. The summed E-state index contributed by atoms with van der Waals surface area (Å²) in [6, 6.07) is 12.8. The molecule has 0 unspecified atom stereocenters. The summed E-state index contributed by atoms with van der Waals surface area (Å²) in [6.45, 7) is 2.44. The van der Waals surface area contributed by atoms with Gasteiger partial charge in [0.25, 0.3) is 5.56 Å². The molecule has 0 fully saturated rings. The second-order valence-corrected chi connectivity index (χ2v) is 8.14. The minimum atomic E-state index is -0.0708. The molecule has 0 spiro atoms. The number of fused-ring (bicyclic) bond motifs is 1. The van der Waals surface area contributed by atoms with Gasteiger partial charge in [0.15, 0.2) is 5.16 Å². The number of hydrogen-bond donors (Lipinski definition) is 0. The maximum Gasteiger partial charge on any atom is 0.262 e. The first-order chi connectivity index (χ1) is 13.6. The quantitative estimate of drug-likeness (QED) is 0.291. The largest absolute Gasteiger partial charge is 0.420 e. The van der Waals surface area contributed by atoms with Crippen LogP contribution in [0.2, 0.25) is 5.02 Å². The summed E-state index contributed by atoms with van der Waals surface area (Å²) >= 11 is 11.0. The van der Waals surface area contributed by atoms with Crippen molar-refractivity contribution in [2.24, 2.45) is 0 Å². The van der Waals surface area contributed by atoms with Crippen LogP contribution < -0.4 is 5.56 Å². The first kappa shape index (κ1) is 19.2. The van der Waals surface area contributed by atoms with Gasteiger partial charge in [-0.3, -0.25) is 9.36 Å². The molecule has 0 saturated carbocycles. The van der Waals surface area contributed by atoms with Gasteiger partial charge in [-0.2, -0.15) is 0 Å². The Morgan fingerprint density at radius 3 is 2.82 bits per heavy atom. The molecule has 0 atom stereocenters. The Kier molecular flexibility index (Phi) is 5.52. The van der Waals surface area contributed by atoms with Crippen LogP contribution in [-0.4, -0.2) is 19.7 Å². The van der Waals surface area contributed by atoms with Crippen LogP contribution in [0.5, 0.6) is 0 Å². The Balaban J connectivity index is 1.62. The Bertz CT molecular complexity index is 1220. The average Bonchev–Trinajstić information content (AvgIpc) is 3.16. The number of rotatable bonds is 5. The van der Waals surface area contributed by atoms with E-state index in [1.54, 1.807) is 16.7 Å². The average molecular weight is 478 g/mol. The van der Waals surface area contributed by atoms with Gasteiger partial charge >= 0.3 is 0 Å². The molecule has 0 aliphatic rings. The lowest BCUT2D eigenvalue weighted by atomic mass is 10.2. The number of halogens is 2. The molecule has 0 amide bonds. The summed E-state index contributed by atoms with van der Waals surface area (Å²) < 4.78 is 8.22. The van der Waals surface area contributed by atoms with E-state index in [2.05, 4.69) is 31.1 Å². The van der Waals surface area contributed by atoms with Gasteiger partial charge in [-0.25, -0.2) is 4.98 Å². The molecule has 28 heavy (non-hydrogen) atoms. The standard InChI is InChI=1S/C19H14BrClN4O2S/c1-2-25-18(26)13-9-11(20)7-8-15(13)22-19(25)28-10-16-23-24-17(27-16)12-5-3-4-6-14(12)21/h3-9H,2,10H2,1H3. The molecule has 2 aromatic heterocycles. The van der Waals surface area contributed by atoms with Crippen molar-refractivity contribution in [1.29, 1.82) is 0 Å². The SMILES string of the molecule is CCn1c(SCc2nnc(-c3ccccc3Cl)o2)nc2ccc(Br)cc2c1=O. The fraction of sp³-hybridized carbons (Fsp3) is 0.158. The number of nitrogens with zero attached hydrogens (tertiary/aromatic N) is 4. The summed E-state index contributed by atoms with van der Waals surface area (Å²) in [7, 11) is 0. The van der Waals surface area contributed by atoms with Gasteiger partial charge in [-0.05, 0) is 37.3 Å². The Morgan fingerprint density at radius 1 is 1.21 bits per heavy atom. The highest BCUT2D eigenvalue weighted by Gasteiger charge is 2.15. The number of benzene rings is 2. The zero-order valence-corrected chi connectivity index (χ0v) is 17.9. The Labute approximate surface area is 178 Å². The fourth-order valence-electron chi connectivity index (χ4n) is 2.74. The minimum absolute atomic E-state index is 0.0708. The summed E-state index contributed by atoms with van der Waals surface area (Å²) in [6.07, 6.45) is 0. The molecular weight excluding hydrogens is 464 g/mol. The van der Waals surface area contributed by atoms with Crippen LogP contribution in [0.4, 0.5) is 0 Å². The summed E-state index contributed by atoms with van der Waals surface area (Å²) in [5.74, 6) is 1.20. The number of aromatic nitrogens is 4. The van der Waals surface area contributed by atoms with Gasteiger partial charge in [0.2, 0.25) is 11.8 Å². The maximum absolute atomic E-state index is 12.8. The van der Waals surface area contributed by atoms with Gasteiger partial charge in [0, 0.05) is 11.0 Å². The van der Waals surface area contributed by atoms with Gasteiger partial charge in [-0.15, -0.1) is 10.2 Å². The molecule has 9 heteroatoms. The second kappa shape index (κ2) is 8.06. The van der Waals surface area contributed by atoms with E-state index < -0.39 is 0 Å². The van der Waals surface area contributed by atoms with E-state index in [4.69, 9.17) is 16.0 Å². The van der Waals surface area contributed by atoms with Crippen molar-refractivity contribution in [2.45, 2.75) is 24.4 Å². The number of hydrogen-bond acceptors (Lipinski definition) is 6. The molecule has 0 saturated heterocycles. The van der Waals surface area contributed by atoms with E-state index >= 15 is 0 Å². The molecule has 0 aliphatic heterocycles. The lowest BCUT2D eigenvalue weighted by Crippen LogP contribution is -2.22. The van der Waals surface area contributed by atoms with Crippen molar-refractivity contribution >= 4 is 50.2 Å². The first-order valence-electron chi connectivity index (χ1n) is 8.47. The van der Waals surface area contributed by atoms with Crippen molar-refractivity contribution in [2.75, 3.05) is 0 Å². The highest BCUT2D eigenvalue weighted by Crippen LogP contribution is 2.28. The second-order valence-electron chi connectivity index (χ2n) is 5.87. The van der Waals surface area contributed by atoms with Crippen LogP contribution in [0.3, 0.4) is 0 Å². The van der Waals surface area contributed by atoms with E-state index in [1.807, 2.05) is 37.3 Å². The van der Waals surface area contributed by atoms with Gasteiger partial charge < -0.3 is 4.42 Å². The highest BCUT2D eigenvalue weighted by atomic mass is 79.9. The summed E-state index contributed by atoms with van der Waals surface area (Å²) in [5.41, 5.74) is 1.27. The maximum atomic E-state index is 12.8. The minimum Gasteiger partial charge on any atom is -0.420 e. The van der Waals surface area contributed by atoms with Crippen LogP contribution >= 0.6 is 39.3 Å². The first-order valence-corrected chi connectivity index (χ1v) is 10.6. The fourth-order valence-corrected chi connectivity index (χ4v) is 4.22. The van der Waals surface area contributed by atoms with Crippen molar-refractivity contribution in [3.63, 3.8) is 0 Å². The van der Waals surface area contributed by atoms with Crippen molar-refractivity contribution in [3.8, 4) is 11.5 Å². The molecule has 4 aromatic rings. The predicted octanol–water partition coefficient (Wildman–Crippen LogP) is 5.17. The van der Waals surface area contributed by atoms with Crippen molar-refractivity contribution < 1.29 is 4.42 Å². The third kappa shape index (κ3) is 3.72. The molecule has 142 valence electrons. The van der Waals surface area contributed by atoms with Crippen LogP contribution in [-0.2, 0) is 12.3 Å². The predicted molar refractivity (Wildman–Crippen MR) is 114 cm³/mol. The molecule has 0 bridgehead atoms. The van der Waals surface area contributed by atoms with Crippen LogP contribution in [0, 0.1) is 0 Å². The molecule has 0 aliphatic carbocycles. The lowest BCUT2D eigenvalue weighted by Gasteiger charge is -2.10. The lowest BCUT2D eigenvalue weighted by molar-refractivity contribution is 0.527. The van der Waals surface area contributed by atoms with Crippen LogP contribution in [0.15, 0.2) is 61.3 Å². The highest BCUT2D eigenvalue weighted by molar-refractivity contribution is 9.10. The van der Waals surface area contributed by atoms with Crippen LogP contribution in [0.25, 0.3) is 22.4 Å². The summed E-state index contributed by atoms with van der Waals surface area (Å²) in [4.78, 5) is 17.4. The van der Waals surface area contributed by atoms with Gasteiger partial charge in [-0.1, -0.05) is 51.4 Å². The normalized spacial score (nSPS) is 11.2. The zero-order chi connectivity index (χ0) is 19.7. The van der Waals surface area contributed by atoms with Crippen LogP contribution in [0.1, 0.15) is 12.8 Å². The molecule has 2 aromatic carbocycles. The van der Waals surface area contributed by atoms with E-state index in [0.717, 1.165) is 4.47 Å². The third-order valence-corrected chi connectivity index (χ3v) is 5.88.